The van der Waals surface area contributed by atoms with E-state index in [0.717, 1.165) is 10.6 Å². The van der Waals surface area contributed by atoms with Crippen molar-refractivity contribution in [3.63, 3.8) is 0 Å². The Balaban J connectivity index is 2.07. The van der Waals surface area contributed by atoms with Gasteiger partial charge in [0, 0.05) is 26.1 Å². The molecule has 0 bridgehead atoms. The number of carbonyl (C=O) groups is 1. The molecule has 0 spiro atoms. The number of hydrogen-bond donors (Lipinski definition) is 1. The summed E-state index contributed by atoms with van der Waals surface area (Å²) in [5.74, 6) is 0.235. The fourth-order valence-corrected chi connectivity index (χ4v) is 3.14. The summed E-state index contributed by atoms with van der Waals surface area (Å²) in [6, 6.07) is 10.0. The summed E-state index contributed by atoms with van der Waals surface area (Å²) >= 11 is 0. The average Bonchev–Trinajstić information content (AvgIpc) is 2.91. The molecule has 1 saturated heterocycles. The third kappa shape index (κ3) is 3.85. The normalized spacial score (nSPS) is 22.3. The van der Waals surface area contributed by atoms with Gasteiger partial charge in [0.2, 0.25) is 15.9 Å². The molecule has 1 amide bonds. The number of likely N-dealkylation sites (tertiary alicyclic amines) is 1. The van der Waals surface area contributed by atoms with Gasteiger partial charge in [0.05, 0.1) is 12.8 Å². The Kier molecular flexibility index (Phi) is 5.20. The fraction of sp³-hybridized carbons (Fsp3) is 0.533. The van der Waals surface area contributed by atoms with Crippen LogP contribution in [0.2, 0.25) is 0 Å². The molecule has 1 heterocycles. The van der Waals surface area contributed by atoms with Crippen LogP contribution >= 0.6 is 0 Å². The number of hydrogen-bond acceptors (Lipinski definition) is 4. The number of carbonyl (C=O) groups excluding carboxylic acids is 1. The van der Waals surface area contributed by atoms with Gasteiger partial charge in [-0.2, -0.15) is 4.31 Å². The second kappa shape index (κ2) is 6.76. The molecule has 0 aromatic heterocycles. The van der Waals surface area contributed by atoms with Crippen molar-refractivity contribution in [3.05, 3.63) is 35.9 Å². The van der Waals surface area contributed by atoms with Gasteiger partial charge >= 0.3 is 0 Å². The van der Waals surface area contributed by atoms with Gasteiger partial charge in [0.15, 0.2) is 0 Å². The molecule has 0 saturated carbocycles. The number of likely N-dealkylation sites (N-methyl/N-ethyl adjacent to an activating group) is 1. The quantitative estimate of drug-likeness (QED) is 0.831. The maximum atomic E-state index is 12.3. The first-order chi connectivity index (χ1) is 10.3. The maximum Gasteiger partial charge on any atom is 0.237 e. The molecule has 0 radical (unpaired) electrons. The topological polar surface area (TPSA) is 83.7 Å². The number of sulfonamides is 1. The van der Waals surface area contributed by atoms with Gasteiger partial charge < -0.3 is 10.6 Å². The lowest BCUT2D eigenvalue weighted by Crippen LogP contribution is -2.40. The Bertz CT molecular complexity index is 618. The molecule has 1 aliphatic heterocycles. The molecule has 122 valence electrons. The Hall–Kier alpha value is -1.44. The van der Waals surface area contributed by atoms with Crippen LogP contribution in [0.1, 0.15) is 11.5 Å². The molecule has 1 aromatic carbocycles. The summed E-state index contributed by atoms with van der Waals surface area (Å²) in [5.41, 5.74) is 7.02. The van der Waals surface area contributed by atoms with Crippen molar-refractivity contribution in [3.8, 4) is 0 Å². The van der Waals surface area contributed by atoms with E-state index < -0.39 is 10.0 Å². The van der Waals surface area contributed by atoms with E-state index in [1.807, 2.05) is 30.3 Å². The molecule has 1 aliphatic rings. The molecule has 2 rings (SSSR count). The Morgan fingerprint density at radius 3 is 2.50 bits per heavy atom. The first-order valence-corrected chi connectivity index (χ1v) is 9.12. The van der Waals surface area contributed by atoms with Crippen LogP contribution < -0.4 is 5.73 Å². The van der Waals surface area contributed by atoms with Crippen LogP contribution in [0.25, 0.3) is 0 Å². The Morgan fingerprint density at radius 1 is 1.32 bits per heavy atom. The summed E-state index contributed by atoms with van der Waals surface area (Å²) in [6.45, 7) is 1.54. The zero-order valence-corrected chi connectivity index (χ0v) is 13.8. The van der Waals surface area contributed by atoms with Crippen LogP contribution in [0.15, 0.2) is 30.3 Å². The molecule has 0 unspecified atom stereocenters. The average molecular weight is 325 g/mol. The minimum absolute atomic E-state index is 0.127. The Morgan fingerprint density at radius 2 is 1.95 bits per heavy atom. The third-order valence-electron chi connectivity index (χ3n) is 4.25. The lowest BCUT2D eigenvalue weighted by molar-refractivity contribution is -0.130. The van der Waals surface area contributed by atoms with E-state index in [1.54, 1.807) is 4.90 Å². The highest BCUT2D eigenvalue weighted by molar-refractivity contribution is 7.88. The number of rotatable bonds is 5. The van der Waals surface area contributed by atoms with Crippen molar-refractivity contribution in [1.29, 1.82) is 0 Å². The molecular formula is C15H23N3O3S. The van der Waals surface area contributed by atoms with Gasteiger partial charge in [0.1, 0.15) is 0 Å². The highest BCUT2D eigenvalue weighted by atomic mass is 32.2. The van der Waals surface area contributed by atoms with Crippen LogP contribution in [0.3, 0.4) is 0 Å². The van der Waals surface area contributed by atoms with E-state index in [-0.39, 0.29) is 24.3 Å². The second-order valence-electron chi connectivity index (χ2n) is 5.83. The molecule has 22 heavy (non-hydrogen) atoms. The first kappa shape index (κ1) is 16.9. The van der Waals surface area contributed by atoms with Crippen molar-refractivity contribution in [2.24, 2.45) is 11.7 Å². The zero-order valence-electron chi connectivity index (χ0n) is 13.0. The Labute approximate surface area is 131 Å². The van der Waals surface area contributed by atoms with Crippen molar-refractivity contribution < 1.29 is 13.2 Å². The summed E-state index contributed by atoms with van der Waals surface area (Å²) in [5, 5.41) is 0. The molecule has 2 atom stereocenters. The van der Waals surface area contributed by atoms with Crippen LogP contribution in [0.4, 0.5) is 0 Å². The highest BCUT2D eigenvalue weighted by Gasteiger charge is 2.35. The van der Waals surface area contributed by atoms with E-state index in [9.17, 15) is 13.2 Å². The van der Waals surface area contributed by atoms with Gasteiger partial charge in [0.25, 0.3) is 0 Å². The number of nitrogens with two attached hydrogens (primary N) is 1. The molecule has 6 nitrogen and oxygen atoms in total. The smallest absolute Gasteiger partial charge is 0.237 e. The van der Waals surface area contributed by atoms with E-state index in [4.69, 9.17) is 5.73 Å². The molecule has 2 N–H and O–H groups in total. The fourth-order valence-electron chi connectivity index (χ4n) is 2.80. The molecule has 1 fully saturated rings. The first-order valence-electron chi connectivity index (χ1n) is 7.27. The van der Waals surface area contributed by atoms with E-state index in [0.29, 0.717) is 19.6 Å². The minimum atomic E-state index is -3.35. The van der Waals surface area contributed by atoms with Crippen LogP contribution in [-0.4, -0.2) is 63.0 Å². The minimum Gasteiger partial charge on any atom is -0.341 e. The van der Waals surface area contributed by atoms with E-state index >= 15 is 0 Å². The van der Waals surface area contributed by atoms with E-state index in [1.165, 1.54) is 12.6 Å². The van der Waals surface area contributed by atoms with Crippen LogP contribution in [-0.2, 0) is 14.8 Å². The van der Waals surface area contributed by atoms with Gasteiger partial charge in [-0.1, -0.05) is 30.3 Å². The summed E-state index contributed by atoms with van der Waals surface area (Å²) in [4.78, 5) is 14.0. The number of amides is 1. The molecule has 0 aliphatic carbocycles. The lowest BCUT2D eigenvalue weighted by Gasteiger charge is -2.20. The van der Waals surface area contributed by atoms with Gasteiger partial charge in [-0.3, -0.25) is 4.79 Å². The number of nitrogens with zero attached hydrogens (tertiary/aromatic N) is 2. The summed E-state index contributed by atoms with van der Waals surface area (Å²) in [6.07, 6.45) is 1.10. The predicted molar refractivity (Wildman–Crippen MR) is 85.8 cm³/mol. The standard InChI is InChI=1S/C15H23N3O3S/c1-17(22(2,20)21)11-15(19)18-9-13(8-16)14(10-18)12-6-4-3-5-7-12/h3-7,13-14H,8-11,16H2,1-2H3/t13-,14+/m1/s1. The van der Waals surface area contributed by atoms with Crippen molar-refractivity contribution in [1.82, 2.24) is 9.21 Å². The predicted octanol–water partition coefficient (Wildman–Crippen LogP) is 0.0787. The van der Waals surface area contributed by atoms with E-state index in [2.05, 4.69) is 0 Å². The summed E-state index contributed by atoms with van der Waals surface area (Å²) < 4.78 is 23.9. The molecular weight excluding hydrogens is 302 g/mol. The highest BCUT2D eigenvalue weighted by Crippen LogP contribution is 2.32. The van der Waals surface area contributed by atoms with Crippen LogP contribution in [0.5, 0.6) is 0 Å². The van der Waals surface area contributed by atoms with Gasteiger partial charge in [-0.15, -0.1) is 0 Å². The zero-order chi connectivity index (χ0) is 16.3. The van der Waals surface area contributed by atoms with Crippen LogP contribution in [0, 0.1) is 5.92 Å². The molecule has 7 heteroatoms. The molecule has 1 aromatic rings. The lowest BCUT2D eigenvalue weighted by atomic mass is 9.89. The van der Waals surface area contributed by atoms with Gasteiger partial charge in [-0.25, -0.2) is 8.42 Å². The van der Waals surface area contributed by atoms with Crippen molar-refractivity contribution in [2.45, 2.75) is 5.92 Å². The monoisotopic (exact) mass is 325 g/mol. The largest absolute Gasteiger partial charge is 0.341 e. The number of benzene rings is 1. The van der Waals surface area contributed by atoms with Crippen molar-refractivity contribution >= 4 is 15.9 Å². The second-order valence-corrected chi connectivity index (χ2v) is 7.92. The maximum absolute atomic E-state index is 12.3. The summed E-state index contributed by atoms with van der Waals surface area (Å²) in [7, 11) is -1.94. The SMILES string of the molecule is CN(CC(=O)N1C[C@@H](CN)[C@H](c2ccccc2)C1)S(C)(=O)=O. The van der Waals surface area contributed by atoms with Crippen molar-refractivity contribution in [2.75, 3.05) is 39.5 Å². The third-order valence-corrected chi connectivity index (χ3v) is 5.51. The van der Waals surface area contributed by atoms with Gasteiger partial charge in [-0.05, 0) is 18.0 Å².